The maximum Gasteiger partial charge on any atom is 0.304 e. The highest BCUT2D eigenvalue weighted by atomic mass is 16.4. The third kappa shape index (κ3) is 4.06. The van der Waals surface area contributed by atoms with Crippen LogP contribution in [0.25, 0.3) is 0 Å². The molecular weight excluding hydrogens is 250 g/mol. The van der Waals surface area contributed by atoms with Gasteiger partial charge in [0, 0.05) is 20.1 Å². The molecule has 1 aromatic carbocycles. The summed E-state index contributed by atoms with van der Waals surface area (Å²) in [5.74, 6) is -0.813. The summed E-state index contributed by atoms with van der Waals surface area (Å²) in [5, 5.41) is 14.1. The van der Waals surface area contributed by atoms with Crippen molar-refractivity contribution in [3.63, 3.8) is 0 Å². The molecule has 0 spiro atoms. The molecule has 7 heteroatoms. The van der Waals surface area contributed by atoms with E-state index in [4.69, 9.17) is 5.11 Å². The molecule has 3 N–H and O–H groups in total. The lowest BCUT2D eigenvalue weighted by atomic mass is 10.2. The largest absolute Gasteiger partial charge is 0.481 e. The zero-order valence-corrected chi connectivity index (χ0v) is 11.2. The van der Waals surface area contributed by atoms with Crippen molar-refractivity contribution in [2.24, 2.45) is 0 Å². The average Bonchev–Trinajstić information content (AvgIpc) is 2.38. The first-order valence-corrected chi connectivity index (χ1v) is 6.12. The van der Waals surface area contributed by atoms with Gasteiger partial charge in [0.25, 0.3) is 10.9 Å². The molecule has 0 fully saturated rings. The van der Waals surface area contributed by atoms with Crippen LogP contribution in [0.1, 0.15) is 12.8 Å². The third-order valence-electron chi connectivity index (χ3n) is 2.89. The SMILES string of the molecule is CNc1c(NCCCN(C)CCC(=O)O)c(=O)c1=O. The number of nitrogens with zero attached hydrogens (tertiary/aromatic N) is 1. The van der Waals surface area contributed by atoms with Crippen molar-refractivity contribution < 1.29 is 9.90 Å². The van der Waals surface area contributed by atoms with Crippen LogP contribution in [0.2, 0.25) is 0 Å². The predicted octanol–water partition coefficient (Wildman–Crippen LogP) is -0.467. The Labute approximate surface area is 110 Å². The minimum atomic E-state index is -0.813. The molecule has 0 unspecified atom stereocenters. The van der Waals surface area contributed by atoms with Crippen molar-refractivity contribution in [3.05, 3.63) is 20.4 Å². The Kier molecular flexibility index (Phi) is 5.50. The first kappa shape index (κ1) is 15.2. The third-order valence-corrected chi connectivity index (χ3v) is 2.89. The summed E-state index contributed by atoms with van der Waals surface area (Å²) in [6, 6.07) is 0. The Hall–Kier alpha value is -1.89. The van der Waals surface area contributed by atoms with Crippen LogP contribution in [-0.2, 0) is 4.79 Å². The normalized spacial score (nSPS) is 10.9. The Bertz CT molecular complexity index is 505. The number of carbonyl (C=O) groups is 1. The van der Waals surface area contributed by atoms with E-state index in [1.807, 2.05) is 11.9 Å². The lowest BCUT2D eigenvalue weighted by molar-refractivity contribution is -0.137. The summed E-state index contributed by atoms with van der Waals surface area (Å²) < 4.78 is 0. The molecule has 0 heterocycles. The van der Waals surface area contributed by atoms with Crippen LogP contribution in [0.5, 0.6) is 0 Å². The van der Waals surface area contributed by atoms with Crippen molar-refractivity contribution >= 4 is 17.3 Å². The molecule has 0 bridgehead atoms. The van der Waals surface area contributed by atoms with E-state index in [1.54, 1.807) is 7.05 Å². The van der Waals surface area contributed by atoms with Crippen molar-refractivity contribution in [1.29, 1.82) is 0 Å². The highest BCUT2D eigenvalue weighted by Gasteiger charge is 2.18. The van der Waals surface area contributed by atoms with Crippen molar-refractivity contribution in [2.45, 2.75) is 12.8 Å². The molecule has 0 saturated carbocycles. The Morgan fingerprint density at radius 1 is 1.21 bits per heavy atom. The molecule has 106 valence electrons. The zero-order chi connectivity index (χ0) is 14.4. The van der Waals surface area contributed by atoms with Crippen molar-refractivity contribution in [2.75, 3.05) is 44.4 Å². The summed E-state index contributed by atoms with van der Waals surface area (Å²) in [6.07, 6.45) is 0.879. The molecule has 1 rings (SSSR count). The number of anilines is 2. The second kappa shape index (κ2) is 6.89. The molecule has 0 aliphatic carbocycles. The van der Waals surface area contributed by atoms with Gasteiger partial charge < -0.3 is 20.6 Å². The predicted molar refractivity (Wildman–Crippen MR) is 73.8 cm³/mol. The van der Waals surface area contributed by atoms with Gasteiger partial charge in [0.05, 0.1) is 6.42 Å². The van der Waals surface area contributed by atoms with E-state index in [0.717, 1.165) is 13.0 Å². The van der Waals surface area contributed by atoms with E-state index in [2.05, 4.69) is 10.6 Å². The van der Waals surface area contributed by atoms with Gasteiger partial charge in [-0.15, -0.1) is 0 Å². The topological polar surface area (TPSA) is 98.7 Å². The summed E-state index contributed by atoms with van der Waals surface area (Å²) in [5.41, 5.74) is -0.280. The molecule has 7 nitrogen and oxygen atoms in total. The van der Waals surface area contributed by atoms with Gasteiger partial charge >= 0.3 is 5.97 Å². The molecule has 0 aromatic heterocycles. The van der Waals surface area contributed by atoms with Crippen molar-refractivity contribution in [3.8, 4) is 0 Å². The van der Waals surface area contributed by atoms with Crippen LogP contribution < -0.4 is 21.5 Å². The Morgan fingerprint density at radius 2 is 1.84 bits per heavy atom. The van der Waals surface area contributed by atoms with Crippen LogP contribution >= 0.6 is 0 Å². The van der Waals surface area contributed by atoms with Crippen LogP contribution in [0.3, 0.4) is 0 Å². The number of rotatable bonds is 9. The molecule has 0 aliphatic heterocycles. The molecular formula is C12H19N3O4. The fourth-order valence-corrected chi connectivity index (χ4v) is 1.76. The second-order valence-electron chi connectivity index (χ2n) is 4.39. The molecule has 1 aromatic rings. The highest BCUT2D eigenvalue weighted by molar-refractivity contribution is 5.73. The van der Waals surface area contributed by atoms with Gasteiger partial charge in [-0.2, -0.15) is 0 Å². The first-order chi connectivity index (χ1) is 8.97. The molecule has 0 radical (unpaired) electrons. The van der Waals surface area contributed by atoms with Crippen LogP contribution in [0.4, 0.5) is 11.4 Å². The molecule has 0 saturated heterocycles. The minimum absolute atomic E-state index is 0.117. The zero-order valence-electron chi connectivity index (χ0n) is 11.2. The molecule has 19 heavy (non-hydrogen) atoms. The quantitative estimate of drug-likeness (QED) is 0.412. The molecule has 0 atom stereocenters. The van der Waals surface area contributed by atoms with Gasteiger partial charge in [-0.05, 0) is 20.0 Å². The lowest BCUT2D eigenvalue weighted by Crippen LogP contribution is -2.37. The van der Waals surface area contributed by atoms with Crippen molar-refractivity contribution in [1.82, 2.24) is 4.90 Å². The second-order valence-corrected chi connectivity index (χ2v) is 4.39. The number of hydrogen-bond acceptors (Lipinski definition) is 6. The Morgan fingerprint density at radius 3 is 2.42 bits per heavy atom. The summed E-state index contributed by atoms with van der Waals surface area (Å²) >= 11 is 0. The Balaban J connectivity index is 2.24. The first-order valence-electron chi connectivity index (χ1n) is 6.12. The number of carboxylic acid groups (broad SMARTS) is 1. The average molecular weight is 269 g/mol. The van der Waals surface area contributed by atoms with Crippen LogP contribution in [0, 0.1) is 0 Å². The number of aliphatic carboxylic acids is 1. The van der Waals surface area contributed by atoms with Gasteiger partial charge in [-0.3, -0.25) is 14.4 Å². The number of hydrogen-bond donors (Lipinski definition) is 3. The van der Waals surface area contributed by atoms with E-state index in [9.17, 15) is 14.4 Å². The van der Waals surface area contributed by atoms with Gasteiger partial charge in [0.2, 0.25) is 0 Å². The van der Waals surface area contributed by atoms with Gasteiger partial charge in [-0.1, -0.05) is 0 Å². The van der Waals surface area contributed by atoms with E-state index < -0.39 is 16.8 Å². The summed E-state index contributed by atoms with van der Waals surface area (Å²) in [4.78, 5) is 34.7. The van der Waals surface area contributed by atoms with Gasteiger partial charge in [0.15, 0.2) is 0 Å². The number of nitrogens with one attached hydrogen (secondary N) is 2. The lowest BCUT2D eigenvalue weighted by Gasteiger charge is -2.16. The summed E-state index contributed by atoms with van der Waals surface area (Å²) in [7, 11) is 3.44. The smallest absolute Gasteiger partial charge is 0.304 e. The summed E-state index contributed by atoms with van der Waals surface area (Å²) in [6.45, 7) is 1.79. The molecule has 0 amide bonds. The maximum absolute atomic E-state index is 11.3. The van der Waals surface area contributed by atoms with Gasteiger partial charge in [0.1, 0.15) is 11.4 Å². The van der Waals surface area contributed by atoms with E-state index >= 15 is 0 Å². The number of carboxylic acids is 1. The fraction of sp³-hybridized carbons (Fsp3) is 0.583. The van der Waals surface area contributed by atoms with Gasteiger partial charge in [-0.25, -0.2) is 0 Å². The standard InChI is InChI=1S/C12H19N3O4/c1-13-9-10(12(19)11(9)18)14-5-3-6-15(2)7-4-8(16)17/h13-14H,3-7H2,1-2H3,(H,16,17). The maximum atomic E-state index is 11.3. The highest BCUT2D eigenvalue weighted by Crippen LogP contribution is 2.12. The van der Waals surface area contributed by atoms with E-state index in [0.29, 0.717) is 24.5 Å². The molecule has 0 aliphatic rings. The minimum Gasteiger partial charge on any atom is -0.481 e. The monoisotopic (exact) mass is 269 g/mol. The fourth-order valence-electron chi connectivity index (χ4n) is 1.76. The van der Waals surface area contributed by atoms with Crippen LogP contribution in [0.15, 0.2) is 9.59 Å². The van der Waals surface area contributed by atoms with Crippen LogP contribution in [-0.4, -0.2) is 49.7 Å². The van der Waals surface area contributed by atoms with E-state index in [1.165, 1.54) is 0 Å². The van der Waals surface area contributed by atoms with E-state index in [-0.39, 0.29) is 6.42 Å².